The number of halogens is 1. The van der Waals surface area contributed by atoms with Gasteiger partial charge in [-0.3, -0.25) is 4.98 Å². The van der Waals surface area contributed by atoms with Crippen molar-refractivity contribution in [2.75, 3.05) is 18.0 Å². The summed E-state index contributed by atoms with van der Waals surface area (Å²) in [6, 6.07) is 10.6. The molecule has 0 saturated carbocycles. The van der Waals surface area contributed by atoms with Crippen molar-refractivity contribution in [1.29, 1.82) is 0 Å². The summed E-state index contributed by atoms with van der Waals surface area (Å²) in [5, 5.41) is 3.27. The molecule has 1 N–H and O–H groups in total. The Labute approximate surface area is 119 Å². The molecule has 0 fully saturated rings. The summed E-state index contributed by atoms with van der Waals surface area (Å²) in [7, 11) is 0. The number of aromatic nitrogens is 1. The van der Waals surface area contributed by atoms with Gasteiger partial charge in [-0.1, -0.05) is 6.92 Å². The number of benzene rings is 1. The van der Waals surface area contributed by atoms with E-state index in [2.05, 4.69) is 35.1 Å². The molecule has 3 nitrogen and oxygen atoms in total. The van der Waals surface area contributed by atoms with Gasteiger partial charge in [-0.2, -0.15) is 0 Å². The molecule has 0 amide bonds. The smallest absolute Gasteiger partial charge is 0.123 e. The summed E-state index contributed by atoms with van der Waals surface area (Å²) < 4.78 is 13.0. The molecule has 4 heteroatoms. The van der Waals surface area contributed by atoms with Crippen molar-refractivity contribution < 1.29 is 4.39 Å². The second-order valence-corrected chi connectivity index (χ2v) is 4.51. The van der Waals surface area contributed by atoms with Crippen LogP contribution in [0.2, 0.25) is 0 Å². The number of anilines is 2. The third-order valence-corrected chi connectivity index (χ3v) is 3.12. The lowest BCUT2D eigenvalue weighted by molar-refractivity contribution is 0.628. The predicted octanol–water partition coefficient (Wildman–Crippen LogP) is 3.49. The maximum Gasteiger partial charge on any atom is 0.123 e. The molecule has 0 saturated heterocycles. The van der Waals surface area contributed by atoms with E-state index < -0.39 is 0 Å². The zero-order valence-corrected chi connectivity index (χ0v) is 11.9. The van der Waals surface area contributed by atoms with Gasteiger partial charge in [-0.25, -0.2) is 4.39 Å². The molecule has 0 radical (unpaired) electrons. The highest BCUT2D eigenvalue weighted by atomic mass is 19.1. The van der Waals surface area contributed by atoms with Crippen LogP contribution in [-0.4, -0.2) is 18.1 Å². The fourth-order valence-corrected chi connectivity index (χ4v) is 2.12. The molecule has 20 heavy (non-hydrogen) atoms. The molecule has 1 aromatic carbocycles. The van der Waals surface area contributed by atoms with Crippen LogP contribution in [-0.2, 0) is 6.54 Å². The highest BCUT2D eigenvalue weighted by molar-refractivity contribution is 5.63. The number of nitrogens with zero attached hydrogens (tertiary/aromatic N) is 2. The van der Waals surface area contributed by atoms with E-state index in [0.29, 0.717) is 0 Å². The van der Waals surface area contributed by atoms with Crippen LogP contribution in [0.5, 0.6) is 0 Å². The summed E-state index contributed by atoms with van der Waals surface area (Å²) in [6.07, 6.45) is 1.81. The molecule has 106 valence electrons. The zero-order chi connectivity index (χ0) is 14.4. The van der Waals surface area contributed by atoms with Gasteiger partial charge >= 0.3 is 0 Å². The Morgan fingerprint density at radius 3 is 2.50 bits per heavy atom. The number of rotatable bonds is 6. The van der Waals surface area contributed by atoms with Crippen LogP contribution in [0.3, 0.4) is 0 Å². The van der Waals surface area contributed by atoms with Gasteiger partial charge in [0.05, 0.1) is 5.69 Å². The van der Waals surface area contributed by atoms with Crippen LogP contribution in [0.25, 0.3) is 0 Å². The van der Waals surface area contributed by atoms with E-state index in [1.807, 2.05) is 12.3 Å². The van der Waals surface area contributed by atoms with Gasteiger partial charge in [-0.15, -0.1) is 0 Å². The lowest BCUT2D eigenvalue weighted by atomic mass is 10.2. The second kappa shape index (κ2) is 7.01. The van der Waals surface area contributed by atoms with Crippen molar-refractivity contribution in [2.24, 2.45) is 0 Å². The Kier molecular flexibility index (Phi) is 5.07. The molecule has 0 aliphatic rings. The Morgan fingerprint density at radius 2 is 1.85 bits per heavy atom. The third kappa shape index (κ3) is 3.54. The molecule has 2 rings (SSSR count). The van der Waals surface area contributed by atoms with E-state index in [1.54, 1.807) is 12.1 Å². The summed E-state index contributed by atoms with van der Waals surface area (Å²) in [4.78, 5) is 6.49. The third-order valence-electron chi connectivity index (χ3n) is 3.12. The van der Waals surface area contributed by atoms with Crippen LogP contribution >= 0.6 is 0 Å². The van der Waals surface area contributed by atoms with E-state index in [4.69, 9.17) is 0 Å². The van der Waals surface area contributed by atoms with Crippen molar-refractivity contribution >= 4 is 11.4 Å². The Balaban J connectivity index is 2.24. The van der Waals surface area contributed by atoms with Crippen LogP contribution in [0.15, 0.2) is 42.6 Å². The van der Waals surface area contributed by atoms with E-state index in [1.165, 1.54) is 12.1 Å². The van der Waals surface area contributed by atoms with Gasteiger partial charge in [0.15, 0.2) is 0 Å². The predicted molar refractivity (Wildman–Crippen MR) is 80.7 cm³/mol. The molecule has 0 aliphatic heterocycles. The van der Waals surface area contributed by atoms with Crippen LogP contribution in [0.4, 0.5) is 15.8 Å². The van der Waals surface area contributed by atoms with Gasteiger partial charge in [0.2, 0.25) is 0 Å². The van der Waals surface area contributed by atoms with Gasteiger partial charge < -0.3 is 10.2 Å². The molecule has 0 bridgehead atoms. The van der Waals surface area contributed by atoms with E-state index in [0.717, 1.165) is 36.7 Å². The monoisotopic (exact) mass is 273 g/mol. The number of hydrogen-bond donors (Lipinski definition) is 1. The lowest BCUT2D eigenvalue weighted by Gasteiger charge is -2.23. The minimum Gasteiger partial charge on any atom is -0.342 e. The summed E-state index contributed by atoms with van der Waals surface area (Å²) >= 11 is 0. The van der Waals surface area contributed by atoms with Crippen LogP contribution in [0.1, 0.15) is 19.5 Å². The van der Waals surface area contributed by atoms with Crippen molar-refractivity contribution in [3.63, 3.8) is 0 Å². The Bertz CT molecular complexity index is 540. The number of pyridine rings is 1. The fraction of sp³-hybridized carbons (Fsp3) is 0.312. The van der Waals surface area contributed by atoms with Crippen molar-refractivity contribution in [3.05, 3.63) is 54.1 Å². The van der Waals surface area contributed by atoms with Crippen LogP contribution < -0.4 is 10.2 Å². The summed E-state index contributed by atoms with van der Waals surface area (Å²) in [5.41, 5.74) is 3.06. The number of hydrogen-bond acceptors (Lipinski definition) is 3. The normalized spacial score (nSPS) is 10.6. The van der Waals surface area contributed by atoms with Crippen molar-refractivity contribution in [1.82, 2.24) is 10.3 Å². The fourth-order valence-electron chi connectivity index (χ4n) is 2.12. The summed E-state index contributed by atoms with van der Waals surface area (Å²) in [5.74, 6) is -0.215. The molecule has 1 aromatic heterocycles. The maximum absolute atomic E-state index is 13.0. The highest BCUT2D eigenvalue weighted by Crippen LogP contribution is 2.25. The molecule has 1 heterocycles. The standard InChI is InChI=1S/C16H20FN3/c1-3-18-12-14-11-16(9-10-19-14)20(4-2)15-7-5-13(17)6-8-15/h5-11,18H,3-4,12H2,1-2H3. The van der Waals surface area contributed by atoms with E-state index in [9.17, 15) is 4.39 Å². The second-order valence-electron chi connectivity index (χ2n) is 4.51. The molecular weight excluding hydrogens is 253 g/mol. The minimum absolute atomic E-state index is 0.215. The van der Waals surface area contributed by atoms with Crippen molar-refractivity contribution in [3.8, 4) is 0 Å². The van der Waals surface area contributed by atoms with E-state index >= 15 is 0 Å². The molecule has 0 aliphatic carbocycles. The average Bonchev–Trinajstić information content (AvgIpc) is 2.48. The molecule has 0 atom stereocenters. The lowest BCUT2D eigenvalue weighted by Crippen LogP contribution is -2.17. The zero-order valence-electron chi connectivity index (χ0n) is 11.9. The first-order valence-corrected chi connectivity index (χ1v) is 6.93. The Morgan fingerprint density at radius 1 is 1.10 bits per heavy atom. The van der Waals surface area contributed by atoms with Gasteiger partial charge in [-0.05, 0) is 49.9 Å². The van der Waals surface area contributed by atoms with Crippen molar-refractivity contribution in [2.45, 2.75) is 20.4 Å². The average molecular weight is 273 g/mol. The minimum atomic E-state index is -0.215. The van der Waals surface area contributed by atoms with Gasteiger partial charge in [0, 0.05) is 30.7 Å². The molecule has 0 unspecified atom stereocenters. The largest absolute Gasteiger partial charge is 0.342 e. The van der Waals surface area contributed by atoms with E-state index in [-0.39, 0.29) is 5.82 Å². The van der Waals surface area contributed by atoms with Gasteiger partial charge in [0.1, 0.15) is 5.82 Å². The molecule has 2 aromatic rings. The SMILES string of the molecule is CCNCc1cc(N(CC)c2ccc(F)cc2)ccn1. The topological polar surface area (TPSA) is 28.2 Å². The number of nitrogens with one attached hydrogen (secondary N) is 1. The first kappa shape index (κ1) is 14.5. The highest BCUT2D eigenvalue weighted by Gasteiger charge is 2.08. The Hall–Kier alpha value is -1.94. The first-order valence-electron chi connectivity index (χ1n) is 6.93. The van der Waals surface area contributed by atoms with Crippen LogP contribution in [0, 0.1) is 5.82 Å². The first-order chi connectivity index (χ1) is 9.74. The maximum atomic E-state index is 13.0. The van der Waals surface area contributed by atoms with Gasteiger partial charge in [0.25, 0.3) is 0 Å². The molecular formula is C16H20FN3. The summed E-state index contributed by atoms with van der Waals surface area (Å²) in [6.45, 7) is 6.64. The quantitative estimate of drug-likeness (QED) is 0.873. The molecule has 0 spiro atoms.